The molecule has 31 heavy (non-hydrogen) atoms. The van der Waals surface area contributed by atoms with E-state index in [1.165, 1.54) is 0 Å². The van der Waals surface area contributed by atoms with Crippen LogP contribution in [0.5, 0.6) is 0 Å². The zero-order valence-corrected chi connectivity index (χ0v) is 16.6. The number of aromatic nitrogens is 1. The lowest BCUT2D eigenvalue weighted by Crippen LogP contribution is -2.22. The summed E-state index contributed by atoms with van der Waals surface area (Å²) >= 11 is 0. The highest BCUT2D eigenvalue weighted by atomic mass is 16.2. The normalized spacial score (nSPS) is 14.5. The van der Waals surface area contributed by atoms with Crippen molar-refractivity contribution < 1.29 is 9.59 Å². The molecule has 3 amide bonds. The van der Waals surface area contributed by atoms with Crippen LogP contribution in [-0.4, -0.2) is 16.5 Å². The van der Waals surface area contributed by atoms with Crippen molar-refractivity contribution in [1.82, 2.24) is 15.2 Å². The fraction of sp³-hybridized carbons (Fsp3) is 0. The molecule has 2 N–H and O–H groups in total. The van der Waals surface area contributed by atoms with E-state index >= 15 is 0 Å². The van der Waals surface area contributed by atoms with Crippen molar-refractivity contribution in [2.45, 2.75) is 0 Å². The quantitative estimate of drug-likeness (QED) is 0.371. The molecule has 1 aliphatic heterocycles. The molecule has 5 heteroatoms. The highest BCUT2D eigenvalue weighted by Gasteiger charge is 2.25. The second-order valence-electron chi connectivity index (χ2n) is 7.20. The number of rotatable bonds is 4. The first-order valence-electron chi connectivity index (χ1n) is 9.97. The summed E-state index contributed by atoms with van der Waals surface area (Å²) in [6.45, 7) is 0. The van der Waals surface area contributed by atoms with Gasteiger partial charge in [-0.05, 0) is 35.4 Å². The Kier molecular flexibility index (Phi) is 4.69. The Labute approximate surface area is 179 Å². The molecule has 0 bridgehead atoms. The van der Waals surface area contributed by atoms with Crippen LogP contribution in [0.15, 0.2) is 103 Å². The van der Waals surface area contributed by atoms with E-state index in [0.29, 0.717) is 0 Å². The first-order chi connectivity index (χ1) is 15.2. The third kappa shape index (κ3) is 3.53. The van der Waals surface area contributed by atoms with Gasteiger partial charge in [-0.25, -0.2) is 4.79 Å². The Bertz CT molecular complexity index is 1290. The van der Waals surface area contributed by atoms with E-state index in [9.17, 15) is 9.59 Å². The molecule has 1 saturated heterocycles. The number of carbonyl (C=O) groups is 2. The van der Waals surface area contributed by atoms with Gasteiger partial charge in [-0.2, -0.15) is 0 Å². The molecule has 1 aromatic heterocycles. The molecule has 2 heterocycles. The molecular weight excluding hydrogens is 386 g/mol. The van der Waals surface area contributed by atoms with E-state index in [1.54, 1.807) is 6.08 Å². The molecule has 3 aromatic carbocycles. The lowest BCUT2D eigenvalue weighted by Gasteiger charge is -2.15. The van der Waals surface area contributed by atoms with Crippen molar-refractivity contribution in [3.05, 3.63) is 108 Å². The minimum atomic E-state index is -0.511. The Morgan fingerprint density at radius 1 is 0.677 bits per heavy atom. The minimum Gasteiger partial charge on any atom is -0.309 e. The molecule has 1 aliphatic rings. The van der Waals surface area contributed by atoms with E-state index in [4.69, 9.17) is 0 Å². The summed E-state index contributed by atoms with van der Waals surface area (Å²) in [6.07, 6.45) is 1.73. The van der Waals surface area contributed by atoms with Crippen molar-refractivity contribution in [3.8, 4) is 28.2 Å². The smallest absolute Gasteiger partial charge is 0.309 e. The van der Waals surface area contributed by atoms with Gasteiger partial charge in [0.25, 0.3) is 5.91 Å². The van der Waals surface area contributed by atoms with Crippen LogP contribution < -0.4 is 10.6 Å². The number of para-hydroxylation sites is 1. The zero-order chi connectivity index (χ0) is 21.2. The van der Waals surface area contributed by atoms with Gasteiger partial charge < -0.3 is 9.88 Å². The monoisotopic (exact) mass is 405 g/mol. The van der Waals surface area contributed by atoms with Gasteiger partial charge in [0, 0.05) is 11.3 Å². The highest BCUT2D eigenvalue weighted by Crippen LogP contribution is 2.37. The third-order valence-corrected chi connectivity index (χ3v) is 5.18. The molecule has 0 aliphatic carbocycles. The number of benzene rings is 3. The number of nitrogens with zero attached hydrogens (tertiary/aromatic N) is 1. The molecular formula is C26H19N3O2. The number of urea groups is 1. The van der Waals surface area contributed by atoms with Crippen molar-refractivity contribution in [1.29, 1.82) is 0 Å². The van der Waals surface area contributed by atoms with Gasteiger partial charge in [0.1, 0.15) is 5.70 Å². The first kappa shape index (κ1) is 18.6. The van der Waals surface area contributed by atoms with Gasteiger partial charge >= 0.3 is 6.03 Å². The zero-order valence-electron chi connectivity index (χ0n) is 16.6. The van der Waals surface area contributed by atoms with Gasteiger partial charge in [0.15, 0.2) is 0 Å². The Balaban J connectivity index is 1.83. The number of hydrogen-bond donors (Lipinski definition) is 2. The Hall–Kier alpha value is -4.38. The molecule has 5 rings (SSSR count). The van der Waals surface area contributed by atoms with Crippen LogP contribution in [0.1, 0.15) is 5.56 Å². The largest absolute Gasteiger partial charge is 0.326 e. The number of nitrogens with one attached hydrogen (secondary N) is 2. The highest BCUT2D eigenvalue weighted by molar-refractivity contribution is 6.14. The summed E-state index contributed by atoms with van der Waals surface area (Å²) in [6, 6.07) is 31.8. The fourth-order valence-electron chi connectivity index (χ4n) is 3.84. The van der Waals surface area contributed by atoms with E-state index < -0.39 is 11.9 Å². The van der Waals surface area contributed by atoms with Crippen LogP contribution in [0.3, 0.4) is 0 Å². The predicted molar refractivity (Wildman–Crippen MR) is 121 cm³/mol. The van der Waals surface area contributed by atoms with Gasteiger partial charge in [-0.1, -0.05) is 78.9 Å². The molecule has 0 unspecified atom stereocenters. The molecule has 0 spiro atoms. The van der Waals surface area contributed by atoms with Crippen LogP contribution in [-0.2, 0) is 4.79 Å². The Morgan fingerprint density at radius 3 is 1.84 bits per heavy atom. The van der Waals surface area contributed by atoms with Crippen molar-refractivity contribution in [2.75, 3.05) is 0 Å². The van der Waals surface area contributed by atoms with E-state index in [0.717, 1.165) is 33.8 Å². The summed E-state index contributed by atoms with van der Waals surface area (Å²) in [4.78, 5) is 23.8. The van der Waals surface area contributed by atoms with Gasteiger partial charge in [0.2, 0.25) is 0 Å². The Morgan fingerprint density at radius 2 is 1.26 bits per heavy atom. The van der Waals surface area contributed by atoms with Crippen molar-refractivity contribution >= 4 is 18.0 Å². The van der Waals surface area contributed by atoms with Crippen LogP contribution in [0.25, 0.3) is 34.3 Å². The lowest BCUT2D eigenvalue weighted by atomic mass is 10.1. The van der Waals surface area contributed by atoms with Crippen molar-refractivity contribution in [2.24, 2.45) is 0 Å². The molecule has 0 radical (unpaired) electrons. The average Bonchev–Trinajstić information content (AvgIpc) is 3.35. The van der Waals surface area contributed by atoms with Crippen LogP contribution in [0.4, 0.5) is 4.79 Å². The summed E-state index contributed by atoms with van der Waals surface area (Å²) in [5.74, 6) is -0.433. The van der Waals surface area contributed by atoms with Gasteiger partial charge in [-0.15, -0.1) is 0 Å². The standard InChI is InChI=1S/C26H19N3O2/c30-25-22(27-26(31)28-25)16-20-17-23(18-10-4-1-5-11-18)29(21-14-8-3-9-15-21)24(20)19-12-6-2-7-13-19/h1-17H,(H2,27,28,30,31)/b22-16-. The SMILES string of the molecule is O=C1NC(=O)/C(=C/c2cc(-c3ccccc3)n(-c3ccccc3)c2-c2ccccc2)N1. The fourth-order valence-corrected chi connectivity index (χ4v) is 3.84. The van der Waals surface area contributed by atoms with E-state index in [-0.39, 0.29) is 5.70 Å². The first-order valence-corrected chi connectivity index (χ1v) is 9.97. The maximum atomic E-state index is 12.2. The second-order valence-corrected chi connectivity index (χ2v) is 7.20. The molecule has 1 fully saturated rings. The number of amides is 3. The number of hydrogen-bond acceptors (Lipinski definition) is 2. The van der Waals surface area contributed by atoms with E-state index in [2.05, 4.69) is 45.5 Å². The van der Waals surface area contributed by atoms with Crippen LogP contribution in [0, 0.1) is 0 Å². The summed E-state index contributed by atoms with van der Waals surface area (Å²) in [5, 5.41) is 4.86. The summed E-state index contributed by atoms with van der Waals surface area (Å²) in [5.41, 5.74) is 6.05. The average molecular weight is 405 g/mol. The maximum absolute atomic E-state index is 12.2. The number of carbonyl (C=O) groups excluding carboxylic acids is 2. The molecule has 4 aromatic rings. The van der Waals surface area contributed by atoms with E-state index in [1.807, 2.05) is 66.7 Å². The maximum Gasteiger partial charge on any atom is 0.326 e. The topological polar surface area (TPSA) is 63.1 Å². The van der Waals surface area contributed by atoms with Crippen LogP contribution >= 0.6 is 0 Å². The molecule has 5 nitrogen and oxygen atoms in total. The second kappa shape index (κ2) is 7.80. The predicted octanol–water partition coefficient (Wildman–Crippen LogP) is 4.99. The third-order valence-electron chi connectivity index (χ3n) is 5.18. The van der Waals surface area contributed by atoms with Crippen molar-refractivity contribution in [3.63, 3.8) is 0 Å². The van der Waals surface area contributed by atoms with Gasteiger partial charge in [-0.3, -0.25) is 10.1 Å². The minimum absolute atomic E-state index is 0.229. The van der Waals surface area contributed by atoms with Gasteiger partial charge in [0.05, 0.1) is 11.4 Å². The number of imide groups is 1. The molecule has 150 valence electrons. The molecule has 0 atom stereocenters. The lowest BCUT2D eigenvalue weighted by molar-refractivity contribution is -0.115. The summed E-state index contributed by atoms with van der Waals surface area (Å²) in [7, 11) is 0. The van der Waals surface area contributed by atoms with Crippen LogP contribution in [0.2, 0.25) is 0 Å². The molecule has 0 saturated carbocycles. The summed E-state index contributed by atoms with van der Waals surface area (Å²) < 4.78 is 2.19.